The largest absolute Gasteiger partial charge is 0.488 e. The first-order chi connectivity index (χ1) is 9.99. The van der Waals surface area contributed by atoms with E-state index >= 15 is 0 Å². The highest BCUT2D eigenvalue weighted by molar-refractivity contribution is 5.56. The zero-order chi connectivity index (χ0) is 15.4. The molecule has 2 atom stereocenters. The van der Waals surface area contributed by atoms with Gasteiger partial charge in [-0.1, -0.05) is 19.8 Å². The van der Waals surface area contributed by atoms with Crippen LogP contribution in [0.1, 0.15) is 52.9 Å². The first-order valence-electron chi connectivity index (χ1n) is 7.92. The molecule has 1 aliphatic carbocycles. The number of ether oxygens (including phenoxy) is 2. The van der Waals surface area contributed by atoms with Crippen molar-refractivity contribution >= 4 is 5.69 Å². The van der Waals surface area contributed by atoms with Crippen LogP contribution in [0.15, 0.2) is 12.1 Å². The second kappa shape index (κ2) is 7.01. The van der Waals surface area contributed by atoms with Gasteiger partial charge in [0.15, 0.2) is 11.6 Å². The fraction of sp³-hybridized carbons (Fsp3) is 0.647. The zero-order valence-electron chi connectivity index (χ0n) is 13.2. The van der Waals surface area contributed by atoms with E-state index < -0.39 is 5.82 Å². The molecule has 1 fully saturated rings. The molecule has 1 aromatic carbocycles. The van der Waals surface area contributed by atoms with Crippen molar-refractivity contribution in [1.82, 2.24) is 0 Å². The average molecular weight is 295 g/mol. The smallest absolute Gasteiger partial charge is 0.167 e. The molecule has 3 nitrogen and oxygen atoms in total. The van der Waals surface area contributed by atoms with Crippen LogP contribution in [-0.2, 0) is 0 Å². The van der Waals surface area contributed by atoms with Gasteiger partial charge in [0.1, 0.15) is 5.75 Å². The van der Waals surface area contributed by atoms with E-state index in [1.165, 1.54) is 25.3 Å². The van der Waals surface area contributed by atoms with Gasteiger partial charge in [0.05, 0.1) is 17.9 Å². The Bertz CT molecular complexity index is 476. The zero-order valence-corrected chi connectivity index (χ0v) is 13.2. The number of rotatable bonds is 5. The van der Waals surface area contributed by atoms with E-state index in [1.807, 2.05) is 13.8 Å². The molecule has 118 valence electrons. The molecular formula is C17H26FNO2. The van der Waals surface area contributed by atoms with Crippen molar-refractivity contribution in [2.45, 2.75) is 65.1 Å². The van der Waals surface area contributed by atoms with Gasteiger partial charge in [-0.25, -0.2) is 4.39 Å². The Morgan fingerprint density at radius 2 is 2.05 bits per heavy atom. The van der Waals surface area contributed by atoms with Crippen LogP contribution in [0.4, 0.5) is 10.1 Å². The average Bonchev–Trinajstić information content (AvgIpc) is 2.44. The maximum absolute atomic E-state index is 13.8. The van der Waals surface area contributed by atoms with Gasteiger partial charge in [-0.15, -0.1) is 0 Å². The molecule has 1 aliphatic rings. The predicted molar refractivity (Wildman–Crippen MR) is 83.2 cm³/mol. The third-order valence-electron chi connectivity index (χ3n) is 4.03. The van der Waals surface area contributed by atoms with Crippen molar-refractivity contribution in [1.29, 1.82) is 0 Å². The topological polar surface area (TPSA) is 44.5 Å². The molecule has 0 radical (unpaired) electrons. The minimum absolute atomic E-state index is 0.0878. The van der Waals surface area contributed by atoms with Crippen molar-refractivity contribution in [2.75, 3.05) is 5.73 Å². The van der Waals surface area contributed by atoms with Crippen LogP contribution in [0.5, 0.6) is 11.5 Å². The molecule has 1 saturated carbocycles. The van der Waals surface area contributed by atoms with E-state index in [9.17, 15) is 4.39 Å². The molecule has 2 rings (SSSR count). The molecule has 0 saturated heterocycles. The van der Waals surface area contributed by atoms with Gasteiger partial charge in [-0.2, -0.15) is 0 Å². The Balaban J connectivity index is 2.11. The van der Waals surface area contributed by atoms with Crippen LogP contribution in [0, 0.1) is 11.7 Å². The molecule has 2 N–H and O–H groups in total. The van der Waals surface area contributed by atoms with Crippen molar-refractivity contribution in [3.05, 3.63) is 17.9 Å². The van der Waals surface area contributed by atoms with Crippen molar-refractivity contribution < 1.29 is 13.9 Å². The molecule has 1 aromatic rings. The summed E-state index contributed by atoms with van der Waals surface area (Å²) in [7, 11) is 0. The summed E-state index contributed by atoms with van der Waals surface area (Å²) >= 11 is 0. The first-order valence-corrected chi connectivity index (χ1v) is 7.92. The third-order valence-corrected chi connectivity index (χ3v) is 4.03. The van der Waals surface area contributed by atoms with Gasteiger partial charge in [0.2, 0.25) is 0 Å². The fourth-order valence-electron chi connectivity index (χ4n) is 2.90. The van der Waals surface area contributed by atoms with E-state index in [4.69, 9.17) is 15.2 Å². The van der Waals surface area contributed by atoms with Crippen LogP contribution in [0.3, 0.4) is 0 Å². The highest BCUT2D eigenvalue weighted by Gasteiger charge is 2.23. The molecule has 0 heterocycles. The summed E-state index contributed by atoms with van der Waals surface area (Å²) < 4.78 is 25.3. The Labute approximate surface area is 126 Å². The lowest BCUT2D eigenvalue weighted by Gasteiger charge is -2.29. The van der Waals surface area contributed by atoms with Gasteiger partial charge in [0.25, 0.3) is 0 Å². The monoisotopic (exact) mass is 295 g/mol. The van der Waals surface area contributed by atoms with E-state index in [1.54, 1.807) is 6.07 Å². The Morgan fingerprint density at radius 1 is 1.29 bits per heavy atom. The molecule has 0 bridgehead atoms. The first kappa shape index (κ1) is 15.9. The number of benzene rings is 1. The minimum Gasteiger partial charge on any atom is -0.488 e. The van der Waals surface area contributed by atoms with Crippen LogP contribution in [0.25, 0.3) is 0 Å². The number of nitrogens with two attached hydrogens (primary N) is 1. The van der Waals surface area contributed by atoms with Gasteiger partial charge in [-0.3, -0.25) is 0 Å². The van der Waals surface area contributed by atoms with Crippen LogP contribution >= 0.6 is 0 Å². The summed E-state index contributed by atoms with van der Waals surface area (Å²) in [6.07, 6.45) is 5.80. The van der Waals surface area contributed by atoms with Crippen LogP contribution in [-0.4, -0.2) is 12.2 Å². The lowest BCUT2D eigenvalue weighted by Crippen LogP contribution is -2.25. The summed E-state index contributed by atoms with van der Waals surface area (Å²) in [6, 6.07) is 2.87. The third kappa shape index (κ3) is 4.26. The SMILES string of the molecule is CCC1CCCC(Oc2cc(OC(C)C)c(F)cc2N)C1. The summed E-state index contributed by atoms with van der Waals surface area (Å²) in [6.45, 7) is 5.94. The molecule has 0 aliphatic heterocycles. The van der Waals surface area contributed by atoms with Gasteiger partial charge < -0.3 is 15.2 Å². The van der Waals surface area contributed by atoms with Crippen molar-refractivity contribution in [3.63, 3.8) is 0 Å². The summed E-state index contributed by atoms with van der Waals surface area (Å²) in [5.74, 6) is 1.02. The summed E-state index contributed by atoms with van der Waals surface area (Å²) in [5, 5.41) is 0. The quantitative estimate of drug-likeness (QED) is 0.811. The molecule has 21 heavy (non-hydrogen) atoms. The standard InChI is InChI=1S/C17H26FNO2/c1-4-12-6-5-7-13(8-12)21-17-10-16(20-11(2)3)14(18)9-15(17)19/h9-13H,4-8,19H2,1-3H3. The van der Waals surface area contributed by atoms with E-state index in [-0.39, 0.29) is 18.0 Å². The maximum atomic E-state index is 13.8. The Kier molecular flexibility index (Phi) is 5.32. The normalized spacial score (nSPS) is 22.3. The highest BCUT2D eigenvalue weighted by atomic mass is 19.1. The number of hydrogen-bond donors (Lipinski definition) is 1. The van der Waals surface area contributed by atoms with E-state index in [2.05, 4.69) is 6.92 Å². The molecule has 0 spiro atoms. The fourth-order valence-corrected chi connectivity index (χ4v) is 2.90. The maximum Gasteiger partial charge on any atom is 0.167 e. The van der Waals surface area contributed by atoms with E-state index in [0.717, 1.165) is 18.8 Å². The van der Waals surface area contributed by atoms with Crippen molar-refractivity contribution in [2.24, 2.45) is 5.92 Å². The van der Waals surface area contributed by atoms with Crippen molar-refractivity contribution in [3.8, 4) is 11.5 Å². The van der Waals surface area contributed by atoms with Gasteiger partial charge in [0, 0.05) is 12.1 Å². The highest BCUT2D eigenvalue weighted by Crippen LogP contribution is 2.35. The second-order valence-electron chi connectivity index (χ2n) is 6.17. The van der Waals surface area contributed by atoms with E-state index in [0.29, 0.717) is 11.4 Å². The van der Waals surface area contributed by atoms with Crippen LogP contribution < -0.4 is 15.2 Å². The predicted octanol–water partition coefficient (Wildman–Crippen LogP) is 4.54. The minimum atomic E-state index is -0.441. The van der Waals surface area contributed by atoms with Gasteiger partial charge >= 0.3 is 0 Å². The number of halogens is 1. The Morgan fingerprint density at radius 3 is 2.71 bits per heavy atom. The lowest BCUT2D eigenvalue weighted by molar-refractivity contribution is 0.122. The number of anilines is 1. The molecule has 0 amide bonds. The summed E-state index contributed by atoms with van der Waals surface area (Å²) in [5.41, 5.74) is 6.22. The Hall–Kier alpha value is -1.45. The summed E-state index contributed by atoms with van der Waals surface area (Å²) in [4.78, 5) is 0. The van der Waals surface area contributed by atoms with Crippen LogP contribution in [0.2, 0.25) is 0 Å². The number of hydrogen-bond acceptors (Lipinski definition) is 3. The molecular weight excluding hydrogens is 269 g/mol. The molecule has 2 unspecified atom stereocenters. The van der Waals surface area contributed by atoms with Gasteiger partial charge in [-0.05, 0) is 39.0 Å². The lowest BCUT2D eigenvalue weighted by atomic mass is 9.85. The second-order valence-corrected chi connectivity index (χ2v) is 6.17. The number of nitrogen functional groups attached to an aromatic ring is 1. The molecule has 0 aromatic heterocycles. The molecule has 4 heteroatoms.